The summed E-state index contributed by atoms with van der Waals surface area (Å²) in [6, 6.07) is 65.1. The molecule has 0 aliphatic heterocycles. The number of aromatic nitrogens is 3. The van der Waals surface area contributed by atoms with Gasteiger partial charge in [-0.2, -0.15) is 0 Å². The van der Waals surface area contributed by atoms with Gasteiger partial charge in [0.05, 0.1) is 22.5 Å². The Bertz CT molecular complexity index is 2870. The van der Waals surface area contributed by atoms with E-state index in [1.165, 1.54) is 0 Å². The van der Waals surface area contributed by atoms with Gasteiger partial charge in [0.25, 0.3) is 0 Å². The quantitative estimate of drug-likeness (QED) is 0.150. The van der Waals surface area contributed by atoms with Crippen LogP contribution in [0.5, 0.6) is 0 Å². The molecule has 57 heavy (non-hydrogen) atoms. The second-order valence-electron chi connectivity index (χ2n) is 13.5. The number of hydrogen-bond acceptors (Lipinski definition) is 3. The zero-order valence-corrected chi connectivity index (χ0v) is 33.5. The first-order valence-electron chi connectivity index (χ1n) is 19.6. The van der Waals surface area contributed by atoms with Crippen LogP contribution in [0.1, 0.15) is 19.4 Å². The van der Waals surface area contributed by atoms with Gasteiger partial charge in [-0.05, 0) is 71.6 Å². The number of furan rings is 1. The van der Waals surface area contributed by atoms with Gasteiger partial charge in [-0.15, -0.1) is 35.9 Å². The number of benzene rings is 7. The Labute approximate surface area is 349 Å². The molecular weight excluding hydrogens is 875 g/mol. The van der Waals surface area contributed by atoms with E-state index >= 15 is 0 Å². The summed E-state index contributed by atoms with van der Waals surface area (Å²) < 4.78 is 26.3. The molecule has 277 valence electrons. The summed E-state index contributed by atoms with van der Waals surface area (Å²) in [5, 5.41) is 0.753. The molecule has 0 bridgehead atoms. The molecule has 4 nitrogen and oxygen atoms in total. The summed E-state index contributed by atoms with van der Waals surface area (Å²) >= 11 is 0. The molecule has 10 aromatic rings. The van der Waals surface area contributed by atoms with Gasteiger partial charge in [0.2, 0.25) is 0 Å². The summed E-state index contributed by atoms with van der Waals surface area (Å²) in [5.74, 6) is 0.676. The molecule has 5 heteroatoms. The molecule has 0 unspecified atom stereocenters. The molecule has 0 N–H and O–H groups in total. The van der Waals surface area contributed by atoms with Crippen molar-refractivity contribution in [3.05, 3.63) is 223 Å². The van der Waals surface area contributed by atoms with Crippen molar-refractivity contribution in [2.24, 2.45) is 0 Å². The van der Waals surface area contributed by atoms with Gasteiger partial charge in [-0.25, -0.2) is 0 Å². The molecule has 3 heterocycles. The van der Waals surface area contributed by atoms with E-state index in [4.69, 9.17) is 12.1 Å². The van der Waals surface area contributed by atoms with Crippen LogP contribution in [0.4, 0.5) is 0 Å². The van der Waals surface area contributed by atoms with Gasteiger partial charge >= 0.3 is 0 Å². The van der Waals surface area contributed by atoms with Crippen LogP contribution in [0.25, 0.3) is 72.6 Å². The molecule has 0 amide bonds. The third-order valence-electron chi connectivity index (χ3n) is 9.66. The van der Waals surface area contributed by atoms with Gasteiger partial charge in [-0.3, -0.25) is 4.98 Å². The molecule has 0 saturated carbocycles. The molecule has 0 aliphatic carbocycles. The maximum atomic E-state index is 9.05. The van der Waals surface area contributed by atoms with Crippen molar-refractivity contribution >= 4 is 22.0 Å². The van der Waals surface area contributed by atoms with Crippen LogP contribution in [0.2, 0.25) is 0 Å². The molecule has 0 atom stereocenters. The second kappa shape index (κ2) is 17.0. The van der Waals surface area contributed by atoms with Gasteiger partial charge in [-0.1, -0.05) is 150 Å². The number of fused-ring (bicyclic) bond motifs is 2. The number of pyridine rings is 1. The Morgan fingerprint density at radius 3 is 1.96 bits per heavy atom. The average Bonchev–Trinajstić information content (AvgIpc) is 3.89. The monoisotopic (exact) mass is 914 g/mol. The first kappa shape index (κ1) is 34.8. The normalized spacial score (nSPS) is 11.6. The number of para-hydroxylation sites is 2. The molecule has 3 aromatic heterocycles. The molecule has 0 fully saturated rings. The largest absolute Gasteiger partial charge is 0.557 e. The zero-order valence-electron chi connectivity index (χ0n) is 33.1. The molecule has 0 spiro atoms. The minimum absolute atomic E-state index is 0. The maximum Gasteiger partial charge on any atom is 0.0774 e. The van der Waals surface area contributed by atoms with Crippen LogP contribution in [0.3, 0.4) is 0 Å². The van der Waals surface area contributed by atoms with Crippen LogP contribution in [-0.4, -0.2) is 14.5 Å². The van der Waals surface area contributed by atoms with Gasteiger partial charge < -0.3 is 14.0 Å². The topological polar surface area (TPSA) is 43.9 Å². The molecule has 10 rings (SSSR count). The smallest absolute Gasteiger partial charge is 0.0774 e. The Balaban J connectivity index is 0.000000319. The zero-order chi connectivity index (χ0) is 39.5. The van der Waals surface area contributed by atoms with E-state index in [0.717, 1.165) is 61.2 Å². The van der Waals surface area contributed by atoms with E-state index in [-0.39, 0.29) is 20.1 Å². The van der Waals surface area contributed by atoms with E-state index < -0.39 is 6.37 Å². The fourth-order valence-corrected chi connectivity index (χ4v) is 7.10. The van der Waals surface area contributed by atoms with Crippen molar-refractivity contribution in [3.63, 3.8) is 0 Å². The minimum Gasteiger partial charge on any atom is -0.557 e. The third kappa shape index (κ3) is 7.90. The standard InChI is InChI=1S/C41H29N2O.C11H8N.Ir/c1-28-23-33(31-15-7-3-8-16-31)40(34(24-28)32-17-9-4-10-18-32)43-38-20-12-11-19-37(38)42-41(43)36-27-44-39-22-21-30(26-35(36)39)25-29-13-5-2-6-14-29;1-2-6-10(7-3-1)11-8-4-5-9-12-11;/h2-24,26H,25H2,1H3;1-6,8-9H;/q2*-1;/i25D2;;. The van der Waals surface area contributed by atoms with Crippen molar-refractivity contribution in [1.82, 2.24) is 14.5 Å². The number of imidazole rings is 1. The summed E-state index contributed by atoms with van der Waals surface area (Å²) in [6.07, 6.45) is 3.25. The van der Waals surface area contributed by atoms with Crippen molar-refractivity contribution in [3.8, 4) is 50.6 Å². The molecule has 7 aromatic carbocycles. The van der Waals surface area contributed by atoms with E-state index in [0.29, 0.717) is 28.1 Å². The van der Waals surface area contributed by atoms with E-state index in [2.05, 4.69) is 95.5 Å². The van der Waals surface area contributed by atoms with Crippen LogP contribution in [0.15, 0.2) is 199 Å². The summed E-state index contributed by atoms with van der Waals surface area (Å²) in [6.45, 7) is 2.13. The minimum atomic E-state index is -1.71. The Morgan fingerprint density at radius 2 is 1.30 bits per heavy atom. The SMILES string of the molecule is [2H]C([2H])(c1ccccc1)c1ccc2o[c-]c(-c3nc4ccccc4n3-c3c(-c4ccccc4)cc(C)cc3-c3ccccc3)c2c1.[Ir].[c-]1ccccc1-c1ccccn1. The fraction of sp³-hybridized carbons (Fsp3) is 0.0385. The Kier molecular flexibility index (Phi) is 10.4. The van der Waals surface area contributed by atoms with Crippen LogP contribution in [0, 0.1) is 19.3 Å². The Hall–Kier alpha value is -6.65. The number of hydrogen-bond donors (Lipinski definition) is 0. The summed E-state index contributed by atoms with van der Waals surface area (Å²) in [5.41, 5.74) is 12.8. The second-order valence-corrected chi connectivity index (χ2v) is 13.5. The van der Waals surface area contributed by atoms with Crippen molar-refractivity contribution in [1.29, 1.82) is 0 Å². The number of nitrogens with zero attached hydrogens (tertiary/aromatic N) is 3. The van der Waals surface area contributed by atoms with E-state index in [9.17, 15) is 0 Å². The van der Waals surface area contributed by atoms with Crippen molar-refractivity contribution in [2.75, 3.05) is 0 Å². The first-order chi connectivity index (χ1) is 28.5. The predicted molar refractivity (Wildman–Crippen MR) is 228 cm³/mol. The van der Waals surface area contributed by atoms with Gasteiger partial charge in [0.15, 0.2) is 0 Å². The predicted octanol–water partition coefficient (Wildman–Crippen LogP) is 13.0. The van der Waals surface area contributed by atoms with Crippen LogP contribution >= 0.6 is 0 Å². The maximum absolute atomic E-state index is 9.05. The molecule has 1 radical (unpaired) electrons. The summed E-state index contributed by atoms with van der Waals surface area (Å²) in [7, 11) is 0. The molecule has 0 aliphatic rings. The van der Waals surface area contributed by atoms with Crippen molar-refractivity contribution < 1.29 is 27.3 Å². The van der Waals surface area contributed by atoms with E-state index in [1.807, 2.05) is 115 Å². The first-order valence-corrected chi connectivity index (χ1v) is 18.6. The van der Waals surface area contributed by atoms with Crippen LogP contribution < -0.4 is 0 Å². The van der Waals surface area contributed by atoms with Gasteiger partial charge in [0, 0.05) is 52.0 Å². The average molecular weight is 914 g/mol. The molecule has 0 saturated heterocycles. The number of aryl methyl sites for hydroxylation is 1. The van der Waals surface area contributed by atoms with Crippen molar-refractivity contribution in [2.45, 2.75) is 13.3 Å². The third-order valence-corrected chi connectivity index (χ3v) is 9.66. The number of rotatable bonds is 7. The molecular formula is C52H37IrN3O-2. The van der Waals surface area contributed by atoms with E-state index in [1.54, 1.807) is 12.3 Å². The Morgan fingerprint density at radius 1 is 0.649 bits per heavy atom. The summed E-state index contributed by atoms with van der Waals surface area (Å²) in [4.78, 5) is 9.42. The fourth-order valence-electron chi connectivity index (χ4n) is 7.10. The van der Waals surface area contributed by atoms with Crippen LogP contribution in [-0.2, 0) is 26.5 Å². The van der Waals surface area contributed by atoms with Gasteiger partial charge in [0.1, 0.15) is 0 Å².